The van der Waals surface area contributed by atoms with Gasteiger partial charge in [-0.1, -0.05) is 0 Å². The van der Waals surface area contributed by atoms with Crippen molar-refractivity contribution in [3.63, 3.8) is 0 Å². The molecule has 0 saturated heterocycles. The predicted molar refractivity (Wildman–Crippen MR) is 26.7 cm³/mol. The van der Waals surface area contributed by atoms with Gasteiger partial charge >= 0.3 is 12.2 Å². The number of carboxylic acid groups (broad SMARTS) is 2. The van der Waals surface area contributed by atoms with Crippen LogP contribution in [-0.4, -0.2) is 33.6 Å². The molecule has 6 heteroatoms. The van der Waals surface area contributed by atoms with Crippen LogP contribution in [0.25, 0.3) is 0 Å². The number of carbonyl (C=O) groups is 2. The molecular formula is C3H4N2O4. The molecule has 0 aromatic heterocycles. The first-order chi connectivity index (χ1) is 4.09. The summed E-state index contributed by atoms with van der Waals surface area (Å²) in [6.07, 6.45) is -3.17. The molecule has 0 atom stereocenters. The molecule has 2 amide bonds. The van der Waals surface area contributed by atoms with Crippen molar-refractivity contribution in [2.24, 2.45) is 0 Å². The number of imide groups is 1. The highest BCUT2D eigenvalue weighted by Crippen LogP contribution is 1.83. The molecule has 0 aromatic carbocycles. The first-order valence-corrected chi connectivity index (χ1v) is 1.85. The molecule has 0 spiro atoms. The van der Waals surface area contributed by atoms with Crippen molar-refractivity contribution in [3.05, 3.63) is 0 Å². The number of nitrogens with zero attached hydrogens (tertiary/aromatic N) is 1. The zero-order valence-corrected chi connectivity index (χ0v) is 4.24. The number of rotatable bonds is 1. The summed E-state index contributed by atoms with van der Waals surface area (Å²) >= 11 is 0. The molecule has 0 bridgehead atoms. The molecule has 0 heterocycles. The monoisotopic (exact) mass is 132 g/mol. The quantitative estimate of drug-likeness (QED) is 0.351. The number of nitrogens with one attached hydrogen (secondary N) is 1. The molecule has 0 aliphatic rings. The van der Waals surface area contributed by atoms with Gasteiger partial charge in [-0.05, 0) is 0 Å². The lowest BCUT2D eigenvalue weighted by molar-refractivity contribution is 0.146. The summed E-state index contributed by atoms with van der Waals surface area (Å²) in [5, 5.41) is 22.1. The van der Waals surface area contributed by atoms with Crippen molar-refractivity contribution in [1.82, 2.24) is 4.90 Å². The van der Waals surface area contributed by atoms with Crippen LogP contribution in [0.4, 0.5) is 9.59 Å². The fraction of sp³-hybridized carbons (Fsp3) is 0. The fourth-order valence-corrected chi connectivity index (χ4v) is 0.192. The van der Waals surface area contributed by atoms with Crippen LogP contribution < -0.4 is 0 Å². The summed E-state index contributed by atoms with van der Waals surface area (Å²) < 4.78 is 0. The van der Waals surface area contributed by atoms with E-state index in [4.69, 9.17) is 15.6 Å². The smallest absolute Gasteiger partial charge is 0.422 e. The molecule has 0 aromatic rings. The third-order valence-corrected chi connectivity index (χ3v) is 0.541. The molecule has 0 aliphatic carbocycles. The lowest BCUT2D eigenvalue weighted by atomic mass is 10.8. The Morgan fingerprint density at radius 1 is 1.33 bits per heavy atom. The summed E-state index contributed by atoms with van der Waals surface area (Å²) in [7, 11) is 0. The van der Waals surface area contributed by atoms with E-state index < -0.39 is 12.2 Å². The SMILES string of the molecule is N=CN(C(=O)O)C(=O)O. The van der Waals surface area contributed by atoms with E-state index in [1.54, 1.807) is 0 Å². The van der Waals surface area contributed by atoms with Crippen molar-refractivity contribution in [2.75, 3.05) is 0 Å². The highest BCUT2D eigenvalue weighted by atomic mass is 16.4. The Kier molecular flexibility index (Phi) is 2.18. The second-order valence-electron chi connectivity index (χ2n) is 1.06. The topological polar surface area (TPSA) is 102 Å². The van der Waals surface area contributed by atoms with Crippen LogP contribution in [0.2, 0.25) is 0 Å². The van der Waals surface area contributed by atoms with Crippen LogP contribution in [0.15, 0.2) is 0 Å². The molecule has 9 heavy (non-hydrogen) atoms. The second kappa shape index (κ2) is 2.65. The van der Waals surface area contributed by atoms with Gasteiger partial charge in [-0.25, -0.2) is 9.59 Å². The molecule has 0 aliphatic heterocycles. The normalized spacial score (nSPS) is 8.00. The molecule has 0 unspecified atom stereocenters. The van der Waals surface area contributed by atoms with Crippen LogP contribution >= 0.6 is 0 Å². The number of amides is 2. The molecule has 0 rings (SSSR count). The van der Waals surface area contributed by atoms with Gasteiger partial charge in [0.15, 0.2) is 0 Å². The molecule has 0 fully saturated rings. The summed E-state index contributed by atoms with van der Waals surface area (Å²) in [5.41, 5.74) is 0. The van der Waals surface area contributed by atoms with Gasteiger partial charge in [0.2, 0.25) is 0 Å². The summed E-state index contributed by atoms with van der Waals surface area (Å²) in [5.74, 6) is 0. The van der Waals surface area contributed by atoms with Crippen LogP contribution in [0.3, 0.4) is 0 Å². The fourth-order valence-electron chi connectivity index (χ4n) is 0.192. The molecule has 0 radical (unpaired) electrons. The second-order valence-corrected chi connectivity index (χ2v) is 1.06. The molecule has 50 valence electrons. The van der Waals surface area contributed by atoms with E-state index in [0.29, 0.717) is 0 Å². The Hall–Kier alpha value is -1.59. The van der Waals surface area contributed by atoms with Crippen LogP contribution in [0.1, 0.15) is 0 Å². The zero-order valence-electron chi connectivity index (χ0n) is 4.24. The Balaban J connectivity index is 4.16. The Morgan fingerprint density at radius 3 is 1.67 bits per heavy atom. The maximum Gasteiger partial charge on any atom is 0.422 e. The first kappa shape index (κ1) is 7.41. The van der Waals surface area contributed by atoms with Crippen molar-refractivity contribution in [2.45, 2.75) is 0 Å². The largest absolute Gasteiger partial charge is 0.464 e. The van der Waals surface area contributed by atoms with E-state index in [1.165, 1.54) is 0 Å². The van der Waals surface area contributed by atoms with E-state index in [9.17, 15) is 9.59 Å². The van der Waals surface area contributed by atoms with Gasteiger partial charge in [0, 0.05) is 0 Å². The average molecular weight is 132 g/mol. The Labute approximate surface area is 49.8 Å². The highest BCUT2D eigenvalue weighted by Gasteiger charge is 2.15. The van der Waals surface area contributed by atoms with Crippen molar-refractivity contribution in [3.8, 4) is 0 Å². The lowest BCUT2D eigenvalue weighted by Crippen LogP contribution is -2.32. The molecule has 6 nitrogen and oxygen atoms in total. The van der Waals surface area contributed by atoms with Gasteiger partial charge in [-0.3, -0.25) is 5.41 Å². The summed E-state index contributed by atoms with van der Waals surface area (Å²) in [4.78, 5) is 19.4. The first-order valence-electron chi connectivity index (χ1n) is 1.85. The van der Waals surface area contributed by atoms with E-state index in [0.717, 1.165) is 0 Å². The van der Waals surface area contributed by atoms with E-state index in [2.05, 4.69) is 0 Å². The third kappa shape index (κ3) is 1.76. The third-order valence-electron chi connectivity index (χ3n) is 0.541. The minimum atomic E-state index is -1.68. The lowest BCUT2D eigenvalue weighted by Gasteiger charge is -2.02. The van der Waals surface area contributed by atoms with Crippen LogP contribution in [-0.2, 0) is 0 Å². The van der Waals surface area contributed by atoms with Gasteiger partial charge in [-0.15, -0.1) is 0 Å². The minimum absolute atomic E-state index is 0.167. The van der Waals surface area contributed by atoms with E-state index in [1.807, 2.05) is 0 Å². The van der Waals surface area contributed by atoms with Crippen LogP contribution in [0.5, 0.6) is 0 Å². The van der Waals surface area contributed by atoms with Gasteiger partial charge < -0.3 is 10.2 Å². The Morgan fingerprint density at radius 2 is 1.67 bits per heavy atom. The molecule has 3 N–H and O–H groups in total. The van der Waals surface area contributed by atoms with Gasteiger partial charge in [0.1, 0.15) is 6.34 Å². The minimum Gasteiger partial charge on any atom is -0.464 e. The number of hydrogen-bond acceptors (Lipinski definition) is 3. The van der Waals surface area contributed by atoms with Gasteiger partial charge in [0.25, 0.3) is 0 Å². The van der Waals surface area contributed by atoms with E-state index in [-0.39, 0.29) is 11.2 Å². The van der Waals surface area contributed by atoms with E-state index >= 15 is 0 Å². The predicted octanol–water partition coefficient (Wildman–Crippen LogP) is 0.251. The molecule has 0 saturated carbocycles. The summed E-state index contributed by atoms with van der Waals surface area (Å²) in [6.45, 7) is 0. The van der Waals surface area contributed by atoms with Crippen molar-refractivity contribution < 1.29 is 19.8 Å². The number of hydrogen-bond donors (Lipinski definition) is 3. The average Bonchev–Trinajstić information content (AvgIpc) is 1.64. The van der Waals surface area contributed by atoms with Crippen molar-refractivity contribution >= 4 is 18.5 Å². The van der Waals surface area contributed by atoms with Gasteiger partial charge in [-0.2, -0.15) is 4.90 Å². The van der Waals surface area contributed by atoms with Gasteiger partial charge in [0.05, 0.1) is 0 Å². The van der Waals surface area contributed by atoms with Crippen molar-refractivity contribution in [1.29, 1.82) is 5.41 Å². The maximum absolute atomic E-state index is 9.77. The maximum atomic E-state index is 9.77. The van der Waals surface area contributed by atoms with Crippen LogP contribution in [0, 0.1) is 5.41 Å². The standard InChI is InChI=1S/C3H4N2O4/c4-1-5(2(6)7)3(8)9/h1,4H,(H,6,7)(H,8,9). The molecular weight excluding hydrogens is 128 g/mol. The summed E-state index contributed by atoms with van der Waals surface area (Å²) in [6, 6.07) is 0. The zero-order chi connectivity index (χ0) is 7.44. The Bertz CT molecular complexity index is 140. The highest BCUT2D eigenvalue weighted by molar-refractivity contribution is 5.97.